The fraction of sp³-hybridized carbons (Fsp3) is 0.167. The number of rotatable bonds is 4. The van der Waals surface area contributed by atoms with Crippen LogP contribution in [0.2, 0.25) is 0 Å². The van der Waals surface area contributed by atoms with E-state index in [1.54, 1.807) is 0 Å². The topological polar surface area (TPSA) is 62.2 Å². The number of aromatic nitrogens is 1. The number of benzene rings is 1. The molecule has 0 spiro atoms. The van der Waals surface area contributed by atoms with Gasteiger partial charge in [-0.15, -0.1) is 0 Å². The predicted octanol–water partition coefficient (Wildman–Crippen LogP) is 2.54. The highest BCUT2D eigenvalue weighted by Gasteiger charge is 2.16. The molecule has 0 amide bonds. The summed E-state index contributed by atoms with van der Waals surface area (Å²) in [6.07, 6.45) is 1.09. The zero-order valence-corrected chi connectivity index (χ0v) is 9.58. The minimum Gasteiger partial charge on any atom is -0.481 e. The number of carboxylic acid groups (broad SMARTS) is 1. The standard InChI is InChI=1S/C12H9F3N2O2/c13-7-5-6-1-3-16-12(17-4-2-8(18)19)9(6)11(15)10(7)14/h1,3,5H,2,4H2,(H,16,17)(H,18,19). The van der Waals surface area contributed by atoms with Gasteiger partial charge in [0.2, 0.25) is 0 Å². The summed E-state index contributed by atoms with van der Waals surface area (Å²) < 4.78 is 40.0. The Morgan fingerprint density at radius 3 is 2.74 bits per heavy atom. The molecule has 1 aromatic carbocycles. The maximum Gasteiger partial charge on any atom is 0.305 e. The fourth-order valence-corrected chi connectivity index (χ4v) is 1.66. The SMILES string of the molecule is O=C(O)CCNc1nccc2cc(F)c(F)c(F)c12. The number of anilines is 1. The van der Waals surface area contributed by atoms with Crippen LogP contribution >= 0.6 is 0 Å². The van der Waals surface area contributed by atoms with Gasteiger partial charge in [0, 0.05) is 12.7 Å². The molecule has 2 aromatic rings. The Labute approximate surface area is 105 Å². The van der Waals surface area contributed by atoms with Gasteiger partial charge in [-0.05, 0) is 17.5 Å². The molecule has 2 N–H and O–H groups in total. The molecule has 0 atom stereocenters. The van der Waals surface area contributed by atoms with Gasteiger partial charge in [0.1, 0.15) is 5.82 Å². The van der Waals surface area contributed by atoms with E-state index >= 15 is 0 Å². The molecule has 1 heterocycles. The van der Waals surface area contributed by atoms with Crippen molar-refractivity contribution < 1.29 is 23.1 Å². The van der Waals surface area contributed by atoms with Crippen molar-refractivity contribution in [2.24, 2.45) is 0 Å². The summed E-state index contributed by atoms with van der Waals surface area (Å²) in [5.41, 5.74) is 0. The summed E-state index contributed by atoms with van der Waals surface area (Å²) in [6.45, 7) is -0.000117. The van der Waals surface area contributed by atoms with Gasteiger partial charge in [-0.2, -0.15) is 0 Å². The lowest BCUT2D eigenvalue weighted by atomic mass is 10.1. The van der Waals surface area contributed by atoms with Crippen LogP contribution in [0.3, 0.4) is 0 Å². The number of carboxylic acids is 1. The molecule has 7 heteroatoms. The van der Waals surface area contributed by atoms with Crippen molar-refractivity contribution >= 4 is 22.6 Å². The lowest BCUT2D eigenvalue weighted by Crippen LogP contribution is -2.09. The second-order valence-corrected chi connectivity index (χ2v) is 3.81. The number of hydrogen-bond donors (Lipinski definition) is 2. The normalized spacial score (nSPS) is 10.7. The number of carbonyl (C=O) groups is 1. The maximum atomic E-state index is 13.7. The highest BCUT2D eigenvalue weighted by atomic mass is 19.2. The van der Waals surface area contributed by atoms with E-state index in [2.05, 4.69) is 10.3 Å². The molecule has 4 nitrogen and oxygen atoms in total. The lowest BCUT2D eigenvalue weighted by Gasteiger charge is -2.09. The molecule has 19 heavy (non-hydrogen) atoms. The van der Waals surface area contributed by atoms with E-state index in [9.17, 15) is 18.0 Å². The zero-order valence-electron chi connectivity index (χ0n) is 9.58. The highest BCUT2D eigenvalue weighted by Crippen LogP contribution is 2.27. The Morgan fingerprint density at radius 1 is 1.32 bits per heavy atom. The number of hydrogen-bond acceptors (Lipinski definition) is 3. The number of nitrogens with one attached hydrogen (secondary N) is 1. The predicted molar refractivity (Wildman–Crippen MR) is 62.4 cm³/mol. The minimum absolute atomic E-state index is 0.000117. The van der Waals surface area contributed by atoms with Crippen molar-refractivity contribution in [3.05, 3.63) is 35.8 Å². The van der Waals surface area contributed by atoms with Crippen molar-refractivity contribution in [1.29, 1.82) is 0 Å². The van der Waals surface area contributed by atoms with Crippen LogP contribution in [-0.4, -0.2) is 22.6 Å². The molecule has 0 bridgehead atoms. The van der Waals surface area contributed by atoms with Gasteiger partial charge in [0.25, 0.3) is 0 Å². The van der Waals surface area contributed by atoms with E-state index in [1.807, 2.05) is 0 Å². The van der Waals surface area contributed by atoms with E-state index in [0.717, 1.165) is 6.07 Å². The number of nitrogens with zero attached hydrogens (tertiary/aromatic N) is 1. The van der Waals surface area contributed by atoms with Gasteiger partial charge in [-0.3, -0.25) is 4.79 Å². The number of halogens is 3. The van der Waals surface area contributed by atoms with Gasteiger partial charge >= 0.3 is 5.97 Å². The Balaban J connectivity index is 2.44. The van der Waals surface area contributed by atoms with Gasteiger partial charge in [0.15, 0.2) is 17.5 Å². The Morgan fingerprint density at radius 2 is 2.05 bits per heavy atom. The molecule has 0 fully saturated rings. The molecule has 0 saturated carbocycles. The number of aliphatic carboxylic acids is 1. The van der Waals surface area contributed by atoms with Crippen LogP contribution in [0.1, 0.15) is 6.42 Å². The Kier molecular flexibility index (Phi) is 3.55. The number of fused-ring (bicyclic) bond motifs is 1. The molecule has 0 aliphatic rings. The summed E-state index contributed by atoms with van der Waals surface area (Å²) in [7, 11) is 0. The van der Waals surface area contributed by atoms with Crippen LogP contribution in [0.4, 0.5) is 19.0 Å². The van der Waals surface area contributed by atoms with Gasteiger partial charge in [0.05, 0.1) is 11.8 Å². The third-order valence-electron chi connectivity index (χ3n) is 2.52. The van der Waals surface area contributed by atoms with Gasteiger partial charge in [-0.25, -0.2) is 18.2 Å². The molecule has 0 aliphatic heterocycles. The Bertz CT molecular complexity index is 646. The van der Waals surface area contributed by atoms with Crippen LogP contribution in [0, 0.1) is 17.5 Å². The average Bonchev–Trinajstić information content (AvgIpc) is 2.35. The van der Waals surface area contributed by atoms with Crippen LogP contribution in [0.5, 0.6) is 0 Å². The van der Waals surface area contributed by atoms with Crippen LogP contribution in [0.15, 0.2) is 18.3 Å². The largest absolute Gasteiger partial charge is 0.481 e. The summed E-state index contributed by atoms with van der Waals surface area (Å²) in [6, 6.07) is 2.20. The molecule has 1 aromatic heterocycles. The van der Waals surface area contributed by atoms with Crippen molar-refractivity contribution in [2.45, 2.75) is 6.42 Å². The van der Waals surface area contributed by atoms with Crippen LogP contribution < -0.4 is 5.32 Å². The van der Waals surface area contributed by atoms with Crippen molar-refractivity contribution in [1.82, 2.24) is 4.98 Å². The van der Waals surface area contributed by atoms with E-state index in [4.69, 9.17) is 5.11 Å². The first-order chi connectivity index (χ1) is 9.00. The third kappa shape index (κ3) is 2.59. The molecule has 0 unspecified atom stereocenters. The van der Waals surface area contributed by atoms with Crippen molar-refractivity contribution in [3.63, 3.8) is 0 Å². The lowest BCUT2D eigenvalue weighted by molar-refractivity contribution is -0.136. The molecular weight excluding hydrogens is 261 g/mol. The smallest absolute Gasteiger partial charge is 0.305 e. The molecule has 0 saturated heterocycles. The first-order valence-electron chi connectivity index (χ1n) is 5.38. The molecule has 100 valence electrons. The van der Waals surface area contributed by atoms with Crippen molar-refractivity contribution in [2.75, 3.05) is 11.9 Å². The van der Waals surface area contributed by atoms with E-state index in [0.29, 0.717) is 0 Å². The van der Waals surface area contributed by atoms with Gasteiger partial charge in [-0.1, -0.05) is 0 Å². The molecule has 0 radical (unpaired) electrons. The minimum atomic E-state index is -1.58. The zero-order chi connectivity index (χ0) is 14.0. The average molecular weight is 270 g/mol. The molecule has 2 rings (SSSR count). The second-order valence-electron chi connectivity index (χ2n) is 3.81. The van der Waals surface area contributed by atoms with E-state index < -0.39 is 23.4 Å². The summed E-state index contributed by atoms with van der Waals surface area (Å²) >= 11 is 0. The highest BCUT2D eigenvalue weighted by molar-refractivity contribution is 5.92. The van der Waals surface area contributed by atoms with Gasteiger partial charge < -0.3 is 10.4 Å². The van der Waals surface area contributed by atoms with Crippen LogP contribution in [-0.2, 0) is 4.79 Å². The van der Waals surface area contributed by atoms with E-state index in [1.165, 1.54) is 12.3 Å². The number of pyridine rings is 1. The summed E-state index contributed by atoms with van der Waals surface area (Å²) in [4.78, 5) is 14.2. The summed E-state index contributed by atoms with van der Waals surface area (Å²) in [5, 5.41) is 11.0. The van der Waals surface area contributed by atoms with Crippen molar-refractivity contribution in [3.8, 4) is 0 Å². The Hall–Kier alpha value is -2.31. The third-order valence-corrected chi connectivity index (χ3v) is 2.52. The molecular formula is C12H9F3N2O2. The quantitative estimate of drug-likeness (QED) is 0.838. The maximum absolute atomic E-state index is 13.7. The molecule has 0 aliphatic carbocycles. The monoisotopic (exact) mass is 270 g/mol. The first-order valence-corrected chi connectivity index (χ1v) is 5.38. The van der Waals surface area contributed by atoms with Crippen LogP contribution in [0.25, 0.3) is 10.8 Å². The van der Waals surface area contributed by atoms with E-state index in [-0.39, 0.29) is 29.6 Å². The second kappa shape index (κ2) is 5.13. The fourth-order valence-electron chi connectivity index (χ4n) is 1.66. The first kappa shape index (κ1) is 13.1. The summed E-state index contributed by atoms with van der Waals surface area (Å²) in [5.74, 6) is -5.27.